The Labute approximate surface area is 150 Å². The Morgan fingerprint density at radius 3 is 2.04 bits per heavy atom. The number of carbonyl (C=O) groups excluding carboxylic acids is 1. The fourth-order valence-electron chi connectivity index (χ4n) is 1.89. The van der Waals surface area contributed by atoms with Gasteiger partial charge < -0.3 is 29.7 Å². The molecule has 7 nitrogen and oxygen atoms in total. The van der Waals surface area contributed by atoms with Crippen molar-refractivity contribution < 1.29 is 29.2 Å². The van der Waals surface area contributed by atoms with Crippen LogP contribution in [0.25, 0.3) is 0 Å². The van der Waals surface area contributed by atoms with Gasteiger partial charge in [-0.1, -0.05) is 18.7 Å². The van der Waals surface area contributed by atoms with E-state index in [9.17, 15) is 15.0 Å². The number of carbonyl (C=O) groups is 1. The normalized spacial score (nSPS) is 11.4. The van der Waals surface area contributed by atoms with Gasteiger partial charge in [0.05, 0.1) is 51.1 Å². The first kappa shape index (κ1) is 23.5. The van der Waals surface area contributed by atoms with Crippen molar-refractivity contribution in [2.75, 3.05) is 52.8 Å². The molecule has 3 N–H and O–H groups in total. The van der Waals surface area contributed by atoms with Crippen molar-refractivity contribution in [2.24, 2.45) is 5.41 Å². The minimum absolute atomic E-state index is 0.0313. The Morgan fingerprint density at radius 1 is 1.12 bits per heavy atom. The molecular weight excluding hydrogens is 326 g/mol. The van der Waals surface area contributed by atoms with Crippen LogP contribution in [0.2, 0.25) is 0 Å². The van der Waals surface area contributed by atoms with Gasteiger partial charge in [-0.15, -0.1) is 13.2 Å². The number of ether oxygens (including phenoxy) is 3. The minimum Gasteiger partial charge on any atom is -0.462 e. The van der Waals surface area contributed by atoms with Crippen molar-refractivity contribution in [3.05, 3.63) is 37.5 Å². The van der Waals surface area contributed by atoms with Crippen LogP contribution in [-0.2, 0) is 19.0 Å². The third-order valence-electron chi connectivity index (χ3n) is 3.35. The van der Waals surface area contributed by atoms with Gasteiger partial charge in [0, 0.05) is 12.1 Å². The molecule has 0 aromatic rings. The predicted octanol–water partition coefficient (Wildman–Crippen LogP) is 0.440. The maximum atomic E-state index is 11.8. The van der Waals surface area contributed by atoms with Gasteiger partial charge in [-0.2, -0.15) is 0 Å². The Kier molecular flexibility index (Phi) is 12.9. The smallest absolute Gasteiger partial charge is 0.333 e. The molecule has 25 heavy (non-hydrogen) atoms. The van der Waals surface area contributed by atoms with E-state index in [1.54, 1.807) is 19.1 Å². The van der Waals surface area contributed by atoms with Crippen molar-refractivity contribution in [1.82, 2.24) is 5.32 Å². The van der Waals surface area contributed by atoms with Crippen LogP contribution in [0.3, 0.4) is 0 Å². The first-order valence-electron chi connectivity index (χ1n) is 8.09. The number of rotatable bonds is 16. The van der Waals surface area contributed by atoms with Crippen LogP contribution in [0, 0.1) is 5.41 Å². The third kappa shape index (κ3) is 10.2. The van der Waals surface area contributed by atoms with E-state index in [0.29, 0.717) is 25.3 Å². The largest absolute Gasteiger partial charge is 0.462 e. The van der Waals surface area contributed by atoms with Gasteiger partial charge in [-0.05, 0) is 6.92 Å². The molecule has 0 spiro atoms. The average Bonchev–Trinajstić information content (AvgIpc) is 2.60. The lowest BCUT2D eigenvalue weighted by atomic mass is 9.90. The number of esters is 1. The molecule has 0 amide bonds. The van der Waals surface area contributed by atoms with Crippen LogP contribution in [0.4, 0.5) is 0 Å². The average molecular weight is 357 g/mol. The zero-order valence-electron chi connectivity index (χ0n) is 15.0. The Balaban J connectivity index is 5.13. The Morgan fingerprint density at radius 2 is 1.64 bits per heavy atom. The van der Waals surface area contributed by atoms with Gasteiger partial charge in [0.25, 0.3) is 0 Å². The Hall–Kier alpha value is -1.51. The molecule has 144 valence electrons. The molecule has 0 aromatic carbocycles. The van der Waals surface area contributed by atoms with Gasteiger partial charge in [0.2, 0.25) is 0 Å². The molecule has 0 heterocycles. The summed E-state index contributed by atoms with van der Waals surface area (Å²) in [6.07, 6.45) is 3.24. The summed E-state index contributed by atoms with van der Waals surface area (Å²) in [6.45, 7) is 13.4. The molecule has 0 rings (SSSR count). The quantitative estimate of drug-likeness (QED) is 0.160. The van der Waals surface area contributed by atoms with Gasteiger partial charge >= 0.3 is 5.97 Å². The summed E-state index contributed by atoms with van der Waals surface area (Å²) in [5, 5.41) is 21.5. The summed E-state index contributed by atoms with van der Waals surface area (Å²) >= 11 is 0. The molecular formula is C18H31NO6. The van der Waals surface area contributed by atoms with E-state index in [-0.39, 0.29) is 33.0 Å². The van der Waals surface area contributed by atoms with Crippen LogP contribution in [0.5, 0.6) is 0 Å². The highest BCUT2D eigenvalue weighted by atomic mass is 16.5. The summed E-state index contributed by atoms with van der Waals surface area (Å²) in [5.41, 5.74) is -0.413. The van der Waals surface area contributed by atoms with Crippen LogP contribution >= 0.6 is 0 Å². The molecule has 0 bridgehead atoms. The molecule has 0 atom stereocenters. The second-order valence-electron chi connectivity index (χ2n) is 5.91. The van der Waals surface area contributed by atoms with E-state index in [1.807, 2.05) is 0 Å². The monoisotopic (exact) mass is 357 g/mol. The molecule has 0 aliphatic carbocycles. The van der Waals surface area contributed by atoms with E-state index in [2.05, 4.69) is 25.1 Å². The van der Waals surface area contributed by atoms with E-state index in [1.165, 1.54) is 0 Å². The molecule has 0 saturated carbocycles. The second-order valence-corrected chi connectivity index (χ2v) is 5.91. The summed E-state index contributed by atoms with van der Waals surface area (Å²) < 4.78 is 16.5. The lowest BCUT2D eigenvalue weighted by molar-refractivity contribution is -0.146. The molecule has 0 aliphatic heterocycles. The van der Waals surface area contributed by atoms with E-state index in [4.69, 9.17) is 14.2 Å². The zero-order valence-corrected chi connectivity index (χ0v) is 15.0. The molecule has 0 unspecified atom stereocenters. The lowest BCUT2D eigenvalue weighted by Crippen LogP contribution is -2.50. The first-order valence-corrected chi connectivity index (χ1v) is 8.09. The van der Waals surface area contributed by atoms with Gasteiger partial charge in [-0.25, -0.2) is 4.79 Å². The fraction of sp³-hybridized carbons (Fsp3) is 0.611. The maximum absolute atomic E-state index is 11.8. The first-order chi connectivity index (χ1) is 11.9. The van der Waals surface area contributed by atoms with Crippen LogP contribution in [0.15, 0.2) is 37.5 Å². The molecule has 0 radical (unpaired) electrons. The predicted molar refractivity (Wildman–Crippen MR) is 96.2 cm³/mol. The van der Waals surface area contributed by atoms with E-state index >= 15 is 0 Å². The van der Waals surface area contributed by atoms with Crippen molar-refractivity contribution in [1.29, 1.82) is 0 Å². The SMILES string of the molecule is C=CCOCC(CNC(CO)CO)(COCC=C)COC(=O)C(=C)C. The van der Waals surface area contributed by atoms with Crippen LogP contribution < -0.4 is 5.32 Å². The number of hydrogen-bond donors (Lipinski definition) is 3. The summed E-state index contributed by atoms with van der Waals surface area (Å²) in [6, 6.07) is -0.491. The second kappa shape index (κ2) is 13.7. The number of nitrogens with one attached hydrogen (secondary N) is 1. The van der Waals surface area contributed by atoms with Crippen LogP contribution in [-0.4, -0.2) is 75.0 Å². The molecule has 0 aromatic heterocycles. The summed E-state index contributed by atoms with van der Waals surface area (Å²) in [7, 11) is 0. The van der Waals surface area contributed by atoms with Crippen LogP contribution in [0.1, 0.15) is 6.92 Å². The standard InChI is InChI=1S/C18H31NO6/c1-5-7-23-12-18(13-24-8-6-2,11-19-16(9-20)10-21)14-25-17(22)15(3)4/h5-6,16,19-21H,1-3,7-14H2,4H3. The van der Waals surface area contributed by atoms with E-state index in [0.717, 1.165) is 0 Å². The minimum atomic E-state index is -0.709. The van der Waals surface area contributed by atoms with Crippen molar-refractivity contribution in [2.45, 2.75) is 13.0 Å². The number of aliphatic hydroxyl groups excluding tert-OH is 2. The van der Waals surface area contributed by atoms with Crippen molar-refractivity contribution in [3.8, 4) is 0 Å². The number of aliphatic hydroxyl groups is 2. The molecule has 7 heteroatoms. The molecule has 0 fully saturated rings. The topological polar surface area (TPSA) is 97.2 Å². The maximum Gasteiger partial charge on any atom is 0.333 e. The Bertz CT molecular complexity index is 406. The summed E-state index contributed by atoms with van der Waals surface area (Å²) in [5.74, 6) is -0.502. The molecule has 0 saturated heterocycles. The van der Waals surface area contributed by atoms with Gasteiger partial charge in [0.1, 0.15) is 6.61 Å². The lowest BCUT2D eigenvalue weighted by Gasteiger charge is -2.34. The van der Waals surface area contributed by atoms with Gasteiger partial charge in [-0.3, -0.25) is 0 Å². The highest BCUT2D eigenvalue weighted by molar-refractivity contribution is 5.86. The fourth-order valence-corrected chi connectivity index (χ4v) is 1.89. The highest BCUT2D eigenvalue weighted by Crippen LogP contribution is 2.20. The summed E-state index contributed by atoms with van der Waals surface area (Å²) in [4.78, 5) is 11.8. The number of hydrogen-bond acceptors (Lipinski definition) is 7. The van der Waals surface area contributed by atoms with Gasteiger partial charge in [0.15, 0.2) is 0 Å². The zero-order chi connectivity index (χ0) is 19.1. The van der Waals surface area contributed by atoms with Crippen molar-refractivity contribution in [3.63, 3.8) is 0 Å². The van der Waals surface area contributed by atoms with Crippen molar-refractivity contribution >= 4 is 5.97 Å². The van der Waals surface area contributed by atoms with E-state index < -0.39 is 17.4 Å². The third-order valence-corrected chi connectivity index (χ3v) is 3.35. The molecule has 0 aliphatic rings. The highest BCUT2D eigenvalue weighted by Gasteiger charge is 2.34.